The van der Waals surface area contributed by atoms with Gasteiger partial charge in [-0.15, -0.1) is 0 Å². The molecule has 1 heterocycles. The molecular formula is C12H11N3O2. The summed E-state index contributed by atoms with van der Waals surface area (Å²) < 4.78 is 1.53. The Labute approximate surface area is 97.9 Å². The summed E-state index contributed by atoms with van der Waals surface area (Å²) in [5.41, 5.74) is 7.59. The van der Waals surface area contributed by atoms with E-state index in [1.54, 1.807) is 18.3 Å². The average Bonchev–Trinajstić information content (AvgIpc) is 2.79. The molecule has 2 rings (SSSR count). The van der Waals surface area contributed by atoms with Crippen molar-refractivity contribution in [1.29, 1.82) is 0 Å². The number of hydrogen-bond donors (Lipinski definition) is 1. The van der Waals surface area contributed by atoms with Crippen molar-refractivity contribution in [2.75, 3.05) is 0 Å². The highest BCUT2D eigenvalue weighted by Gasteiger charge is 2.08. The van der Waals surface area contributed by atoms with Crippen LogP contribution in [-0.2, 0) is 0 Å². The van der Waals surface area contributed by atoms with Crippen molar-refractivity contribution in [2.24, 2.45) is 5.73 Å². The van der Waals surface area contributed by atoms with Crippen molar-refractivity contribution in [3.05, 3.63) is 47.3 Å². The summed E-state index contributed by atoms with van der Waals surface area (Å²) >= 11 is 0. The second kappa shape index (κ2) is 4.21. The molecule has 0 fully saturated rings. The molecule has 1 aromatic carbocycles. The Morgan fingerprint density at radius 1 is 1.41 bits per heavy atom. The Morgan fingerprint density at radius 2 is 2.18 bits per heavy atom. The summed E-state index contributed by atoms with van der Waals surface area (Å²) in [5, 5.41) is 4.04. The van der Waals surface area contributed by atoms with Gasteiger partial charge in [-0.1, -0.05) is 12.1 Å². The molecule has 17 heavy (non-hydrogen) atoms. The quantitative estimate of drug-likeness (QED) is 0.800. The third kappa shape index (κ3) is 2.08. The first-order valence-corrected chi connectivity index (χ1v) is 5.03. The van der Waals surface area contributed by atoms with Gasteiger partial charge in [-0.3, -0.25) is 9.59 Å². The number of aromatic nitrogens is 2. The van der Waals surface area contributed by atoms with Crippen LogP contribution in [0, 0.1) is 6.92 Å². The zero-order valence-electron chi connectivity index (χ0n) is 9.25. The van der Waals surface area contributed by atoms with Gasteiger partial charge in [0, 0.05) is 11.8 Å². The molecule has 0 atom stereocenters. The zero-order valence-corrected chi connectivity index (χ0v) is 9.25. The minimum atomic E-state index is -0.576. The first kappa shape index (κ1) is 11.1. The van der Waals surface area contributed by atoms with Crippen molar-refractivity contribution in [2.45, 2.75) is 6.92 Å². The monoisotopic (exact) mass is 229 g/mol. The number of aldehydes is 1. The van der Waals surface area contributed by atoms with Crippen LogP contribution < -0.4 is 5.73 Å². The van der Waals surface area contributed by atoms with Crippen LogP contribution >= 0.6 is 0 Å². The first-order chi connectivity index (χ1) is 8.11. The number of carbonyl (C=O) groups excluding carboxylic acids is 2. The van der Waals surface area contributed by atoms with E-state index in [4.69, 9.17) is 5.73 Å². The fraction of sp³-hybridized carbons (Fsp3) is 0.0833. The van der Waals surface area contributed by atoms with E-state index in [1.807, 2.05) is 13.0 Å². The van der Waals surface area contributed by atoms with E-state index in [1.165, 1.54) is 10.7 Å². The van der Waals surface area contributed by atoms with Crippen molar-refractivity contribution in [3.63, 3.8) is 0 Å². The van der Waals surface area contributed by atoms with Gasteiger partial charge in [-0.05, 0) is 24.6 Å². The Hall–Kier alpha value is -2.43. The average molecular weight is 229 g/mol. The predicted molar refractivity (Wildman–Crippen MR) is 62.2 cm³/mol. The number of hydrogen-bond acceptors (Lipinski definition) is 3. The lowest BCUT2D eigenvalue weighted by Crippen LogP contribution is -2.12. The summed E-state index contributed by atoms with van der Waals surface area (Å²) in [6.07, 6.45) is 2.40. The highest BCUT2D eigenvalue weighted by molar-refractivity contribution is 5.90. The highest BCUT2D eigenvalue weighted by atomic mass is 16.1. The van der Waals surface area contributed by atoms with Crippen LogP contribution in [0.5, 0.6) is 0 Å². The van der Waals surface area contributed by atoms with E-state index < -0.39 is 5.91 Å². The lowest BCUT2D eigenvalue weighted by atomic mass is 10.1. The van der Waals surface area contributed by atoms with E-state index in [9.17, 15) is 9.59 Å². The van der Waals surface area contributed by atoms with E-state index in [0.29, 0.717) is 5.56 Å². The van der Waals surface area contributed by atoms with Gasteiger partial charge < -0.3 is 5.73 Å². The van der Waals surface area contributed by atoms with Crippen molar-refractivity contribution < 1.29 is 9.59 Å². The number of rotatable bonds is 3. The summed E-state index contributed by atoms with van der Waals surface area (Å²) in [6.45, 7) is 1.90. The minimum Gasteiger partial charge on any atom is -0.364 e. The van der Waals surface area contributed by atoms with Crippen LogP contribution in [0.15, 0.2) is 30.5 Å². The molecule has 1 amide bonds. The lowest BCUT2D eigenvalue weighted by molar-refractivity contribution is 0.0994. The molecule has 0 radical (unpaired) electrons. The maximum Gasteiger partial charge on any atom is 0.269 e. The van der Waals surface area contributed by atoms with Crippen LogP contribution in [-0.4, -0.2) is 22.0 Å². The Kier molecular flexibility index (Phi) is 2.74. The molecule has 0 saturated carbocycles. The Morgan fingerprint density at radius 3 is 2.76 bits per heavy atom. The first-order valence-electron chi connectivity index (χ1n) is 5.03. The summed E-state index contributed by atoms with van der Waals surface area (Å²) in [5.74, 6) is -0.576. The van der Waals surface area contributed by atoms with Crippen molar-refractivity contribution >= 4 is 12.2 Å². The summed E-state index contributed by atoms with van der Waals surface area (Å²) in [4.78, 5) is 21.7. The second-order valence-electron chi connectivity index (χ2n) is 3.67. The predicted octanol–water partition coefficient (Wildman–Crippen LogP) is 1.09. The van der Waals surface area contributed by atoms with Crippen LogP contribution in [0.2, 0.25) is 0 Å². The van der Waals surface area contributed by atoms with Gasteiger partial charge in [0.25, 0.3) is 5.91 Å². The number of aryl methyl sites for hydroxylation is 1. The molecule has 1 aromatic heterocycles. The van der Waals surface area contributed by atoms with Gasteiger partial charge >= 0.3 is 0 Å². The third-order valence-corrected chi connectivity index (χ3v) is 2.46. The van der Waals surface area contributed by atoms with Gasteiger partial charge in [0.15, 0.2) is 0 Å². The molecule has 0 aliphatic carbocycles. The molecule has 0 saturated heterocycles. The zero-order chi connectivity index (χ0) is 12.4. The Bertz CT molecular complexity index is 587. The molecule has 0 aliphatic heterocycles. The lowest BCUT2D eigenvalue weighted by Gasteiger charge is -2.06. The normalized spacial score (nSPS) is 10.2. The summed E-state index contributed by atoms with van der Waals surface area (Å²) in [6, 6.07) is 6.80. The number of primary amides is 1. The Balaban J connectivity index is 2.51. The van der Waals surface area contributed by atoms with Gasteiger partial charge in [-0.25, -0.2) is 4.68 Å². The molecule has 5 heteroatoms. The molecule has 5 nitrogen and oxygen atoms in total. The molecule has 0 spiro atoms. The SMILES string of the molecule is Cc1ccc(C=O)cc1-n1ccc(C(N)=O)n1. The second-order valence-corrected chi connectivity index (χ2v) is 3.67. The number of nitrogens with two attached hydrogens (primary N) is 1. The van der Waals surface area contributed by atoms with Crippen LogP contribution in [0.4, 0.5) is 0 Å². The van der Waals surface area contributed by atoms with Gasteiger partial charge in [-0.2, -0.15) is 5.10 Å². The molecule has 2 aromatic rings. The van der Waals surface area contributed by atoms with Crippen molar-refractivity contribution in [1.82, 2.24) is 9.78 Å². The van der Waals surface area contributed by atoms with E-state index in [0.717, 1.165) is 17.5 Å². The van der Waals surface area contributed by atoms with Crippen LogP contribution in [0.3, 0.4) is 0 Å². The fourth-order valence-electron chi connectivity index (χ4n) is 1.54. The fourth-order valence-corrected chi connectivity index (χ4v) is 1.54. The molecule has 0 unspecified atom stereocenters. The van der Waals surface area contributed by atoms with Gasteiger partial charge in [0.2, 0.25) is 0 Å². The molecule has 0 aliphatic rings. The topological polar surface area (TPSA) is 78.0 Å². The van der Waals surface area contributed by atoms with Gasteiger partial charge in [0.1, 0.15) is 12.0 Å². The maximum atomic E-state index is 10.9. The summed E-state index contributed by atoms with van der Waals surface area (Å²) in [7, 11) is 0. The molecule has 2 N–H and O–H groups in total. The number of nitrogens with zero attached hydrogens (tertiary/aromatic N) is 2. The van der Waals surface area contributed by atoms with E-state index in [-0.39, 0.29) is 5.69 Å². The van der Waals surface area contributed by atoms with E-state index in [2.05, 4.69) is 5.10 Å². The maximum absolute atomic E-state index is 10.9. The molecule has 0 bridgehead atoms. The smallest absolute Gasteiger partial charge is 0.269 e. The van der Waals surface area contributed by atoms with Crippen molar-refractivity contribution in [3.8, 4) is 5.69 Å². The highest BCUT2D eigenvalue weighted by Crippen LogP contribution is 2.15. The van der Waals surface area contributed by atoms with E-state index >= 15 is 0 Å². The number of carbonyl (C=O) groups is 2. The van der Waals surface area contributed by atoms with Crippen LogP contribution in [0.1, 0.15) is 26.4 Å². The third-order valence-electron chi connectivity index (χ3n) is 2.46. The molecular weight excluding hydrogens is 218 g/mol. The largest absolute Gasteiger partial charge is 0.364 e. The minimum absolute atomic E-state index is 0.195. The van der Waals surface area contributed by atoms with Crippen LogP contribution in [0.25, 0.3) is 5.69 Å². The molecule has 86 valence electrons. The standard InChI is InChI=1S/C12H11N3O2/c1-8-2-3-9(7-16)6-11(8)15-5-4-10(14-15)12(13)17/h2-7H,1H3,(H2,13,17). The van der Waals surface area contributed by atoms with Gasteiger partial charge in [0.05, 0.1) is 5.69 Å². The number of benzene rings is 1. The number of amides is 1.